The summed E-state index contributed by atoms with van der Waals surface area (Å²) in [7, 11) is 1.29. The Balaban J connectivity index is 1.85. The quantitative estimate of drug-likeness (QED) is 0.718. The molecule has 0 spiro atoms. The molecule has 3 aromatic rings. The number of amides is 1. The highest BCUT2D eigenvalue weighted by molar-refractivity contribution is 5.94. The van der Waals surface area contributed by atoms with Gasteiger partial charge in [-0.2, -0.15) is 0 Å². The van der Waals surface area contributed by atoms with Crippen LogP contribution < -0.4 is 5.32 Å². The summed E-state index contributed by atoms with van der Waals surface area (Å²) in [5, 5.41) is 2.95. The van der Waals surface area contributed by atoms with E-state index in [9.17, 15) is 9.59 Å². The highest BCUT2D eigenvalue weighted by atomic mass is 16.5. The van der Waals surface area contributed by atoms with Crippen LogP contribution in [0.25, 0.3) is 0 Å². The van der Waals surface area contributed by atoms with Gasteiger partial charge in [0, 0.05) is 12.4 Å². The van der Waals surface area contributed by atoms with E-state index in [0.29, 0.717) is 0 Å². The third-order valence-electron chi connectivity index (χ3n) is 3.81. The summed E-state index contributed by atoms with van der Waals surface area (Å²) in [5.41, 5.74) is 2.12. The number of ether oxygens (including phenoxy) is 1. The Bertz CT molecular complexity index is 842. The molecule has 1 unspecified atom stereocenters. The largest absolute Gasteiger partial charge is 0.465 e. The van der Waals surface area contributed by atoms with E-state index in [-0.39, 0.29) is 17.2 Å². The summed E-state index contributed by atoms with van der Waals surface area (Å²) in [5.74, 6) is -0.860. The van der Waals surface area contributed by atoms with Crippen molar-refractivity contribution in [2.45, 2.75) is 6.04 Å². The number of carbonyl (C=O) groups excluding carboxylic acids is 2. The van der Waals surface area contributed by atoms with Crippen LogP contribution in [0, 0.1) is 0 Å². The van der Waals surface area contributed by atoms with Gasteiger partial charge in [-0.1, -0.05) is 36.4 Å². The van der Waals surface area contributed by atoms with Crippen LogP contribution in [0.5, 0.6) is 0 Å². The average molecular weight is 347 g/mol. The second-order valence-corrected chi connectivity index (χ2v) is 5.50. The van der Waals surface area contributed by atoms with Crippen LogP contribution in [-0.2, 0) is 4.74 Å². The Morgan fingerprint density at radius 3 is 2.35 bits per heavy atom. The number of hydrogen-bond donors (Lipinski definition) is 1. The number of nitrogens with zero attached hydrogens (tertiary/aromatic N) is 2. The minimum atomic E-state index is -0.500. The number of rotatable bonds is 5. The lowest BCUT2D eigenvalue weighted by molar-refractivity contribution is 0.0599. The molecule has 1 aromatic carbocycles. The van der Waals surface area contributed by atoms with Crippen molar-refractivity contribution in [2.24, 2.45) is 0 Å². The third-order valence-corrected chi connectivity index (χ3v) is 3.81. The highest BCUT2D eigenvalue weighted by Crippen LogP contribution is 2.20. The number of carbonyl (C=O) groups is 2. The average Bonchev–Trinajstić information content (AvgIpc) is 2.72. The predicted octanol–water partition coefficient (Wildman–Crippen LogP) is 2.78. The number of aromatic nitrogens is 2. The molecule has 0 aliphatic heterocycles. The van der Waals surface area contributed by atoms with Crippen LogP contribution in [0.15, 0.2) is 73.1 Å². The van der Waals surface area contributed by atoms with Gasteiger partial charge in [0.1, 0.15) is 5.69 Å². The summed E-state index contributed by atoms with van der Waals surface area (Å²) in [6.45, 7) is 0. The van der Waals surface area contributed by atoms with Gasteiger partial charge in [0.05, 0.1) is 24.4 Å². The molecule has 6 nitrogen and oxygen atoms in total. The Kier molecular flexibility index (Phi) is 5.34. The van der Waals surface area contributed by atoms with Crippen LogP contribution in [0.2, 0.25) is 0 Å². The Morgan fingerprint density at radius 2 is 1.73 bits per heavy atom. The van der Waals surface area contributed by atoms with E-state index >= 15 is 0 Å². The van der Waals surface area contributed by atoms with E-state index < -0.39 is 12.0 Å². The van der Waals surface area contributed by atoms with Gasteiger partial charge in [0.2, 0.25) is 0 Å². The molecule has 1 atom stereocenters. The summed E-state index contributed by atoms with van der Waals surface area (Å²) in [4.78, 5) is 32.5. The second kappa shape index (κ2) is 8.02. The number of hydrogen-bond acceptors (Lipinski definition) is 5. The first-order chi connectivity index (χ1) is 12.7. The molecule has 2 aromatic heterocycles. The standard InChI is InChI=1S/C20H17N3O3/c1-26-20(25)15-10-11-17(22-13-15)19(24)23-18(14-7-3-2-4-8-14)16-9-5-6-12-21-16/h2-13,18H,1H3,(H,23,24). The van der Waals surface area contributed by atoms with Gasteiger partial charge < -0.3 is 10.1 Å². The molecule has 0 aliphatic rings. The Hall–Kier alpha value is -3.54. The minimum Gasteiger partial charge on any atom is -0.465 e. The lowest BCUT2D eigenvalue weighted by atomic mass is 10.0. The lowest BCUT2D eigenvalue weighted by Gasteiger charge is -2.18. The van der Waals surface area contributed by atoms with Crippen molar-refractivity contribution in [1.82, 2.24) is 15.3 Å². The monoisotopic (exact) mass is 347 g/mol. The molecule has 1 N–H and O–H groups in total. The summed E-state index contributed by atoms with van der Waals surface area (Å²) < 4.78 is 4.63. The molecule has 6 heteroatoms. The number of methoxy groups -OCH3 is 1. The molecule has 0 bridgehead atoms. The minimum absolute atomic E-state index is 0.203. The predicted molar refractivity (Wildman–Crippen MR) is 95.6 cm³/mol. The fourth-order valence-electron chi connectivity index (χ4n) is 2.49. The van der Waals surface area contributed by atoms with Gasteiger partial charge in [-0.25, -0.2) is 4.79 Å². The van der Waals surface area contributed by atoms with Gasteiger partial charge in [-0.3, -0.25) is 14.8 Å². The van der Waals surface area contributed by atoms with Gasteiger partial charge in [0.25, 0.3) is 5.91 Å². The van der Waals surface area contributed by atoms with Crippen molar-refractivity contribution in [3.8, 4) is 0 Å². The Morgan fingerprint density at radius 1 is 0.962 bits per heavy atom. The maximum absolute atomic E-state index is 12.6. The lowest BCUT2D eigenvalue weighted by Crippen LogP contribution is -2.30. The molecule has 0 saturated carbocycles. The zero-order valence-electron chi connectivity index (χ0n) is 14.1. The van der Waals surface area contributed by atoms with Crippen molar-refractivity contribution >= 4 is 11.9 Å². The molecule has 1 amide bonds. The van der Waals surface area contributed by atoms with E-state index in [1.807, 2.05) is 48.5 Å². The normalized spacial score (nSPS) is 11.4. The smallest absolute Gasteiger partial charge is 0.339 e. The van der Waals surface area contributed by atoms with Crippen LogP contribution in [0.4, 0.5) is 0 Å². The number of esters is 1. The Labute approximate surface area is 150 Å². The third kappa shape index (κ3) is 3.92. The summed E-state index contributed by atoms with van der Waals surface area (Å²) in [6.07, 6.45) is 3.00. The number of pyridine rings is 2. The van der Waals surface area contributed by atoms with E-state index in [1.165, 1.54) is 25.4 Å². The number of benzene rings is 1. The zero-order valence-corrected chi connectivity index (χ0v) is 14.1. The van der Waals surface area contributed by atoms with Gasteiger partial charge in [-0.05, 0) is 29.8 Å². The maximum Gasteiger partial charge on any atom is 0.339 e. The van der Waals surface area contributed by atoms with Crippen LogP contribution in [0.3, 0.4) is 0 Å². The maximum atomic E-state index is 12.6. The van der Waals surface area contributed by atoms with Crippen molar-refractivity contribution in [1.29, 1.82) is 0 Å². The van der Waals surface area contributed by atoms with Crippen molar-refractivity contribution in [2.75, 3.05) is 7.11 Å². The summed E-state index contributed by atoms with van der Waals surface area (Å²) >= 11 is 0. The molecule has 2 heterocycles. The van der Waals surface area contributed by atoms with Crippen molar-refractivity contribution in [3.05, 3.63) is 95.6 Å². The van der Waals surface area contributed by atoms with Gasteiger partial charge in [0.15, 0.2) is 0 Å². The van der Waals surface area contributed by atoms with Crippen LogP contribution >= 0.6 is 0 Å². The van der Waals surface area contributed by atoms with E-state index in [0.717, 1.165) is 11.3 Å². The zero-order chi connectivity index (χ0) is 18.4. The highest BCUT2D eigenvalue weighted by Gasteiger charge is 2.19. The topological polar surface area (TPSA) is 81.2 Å². The van der Waals surface area contributed by atoms with Crippen molar-refractivity contribution < 1.29 is 14.3 Å². The van der Waals surface area contributed by atoms with Crippen molar-refractivity contribution in [3.63, 3.8) is 0 Å². The molecular formula is C20H17N3O3. The first-order valence-corrected chi connectivity index (χ1v) is 8.00. The fraction of sp³-hybridized carbons (Fsp3) is 0.100. The molecule has 26 heavy (non-hydrogen) atoms. The fourth-order valence-corrected chi connectivity index (χ4v) is 2.49. The molecule has 0 fully saturated rings. The second-order valence-electron chi connectivity index (χ2n) is 5.50. The van der Waals surface area contributed by atoms with Gasteiger partial charge >= 0.3 is 5.97 Å². The van der Waals surface area contributed by atoms with E-state index in [1.54, 1.807) is 6.20 Å². The summed E-state index contributed by atoms with van der Waals surface area (Å²) in [6, 6.07) is 17.7. The molecule has 130 valence electrons. The molecule has 0 saturated heterocycles. The molecule has 3 rings (SSSR count). The van der Waals surface area contributed by atoms with Gasteiger partial charge in [-0.15, -0.1) is 0 Å². The first-order valence-electron chi connectivity index (χ1n) is 8.00. The first kappa shape index (κ1) is 17.3. The number of nitrogens with one attached hydrogen (secondary N) is 1. The molecule has 0 aliphatic carbocycles. The van der Waals surface area contributed by atoms with E-state index in [2.05, 4.69) is 20.0 Å². The molecular weight excluding hydrogens is 330 g/mol. The molecule has 0 radical (unpaired) electrons. The SMILES string of the molecule is COC(=O)c1ccc(C(=O)NC(c2ccccc2)c2ccccn2)nc1. The van der Waals surface area contributed by atoms with Crippen LogP contribution in [-0.4, -0.2) is 29.0 Å². The van der Waals surface area contributed by atoms with E-state index in [4.69, 9.17) is 0 Å². The van der Waals surface area contributed by atoms with Crippen LogP contribution in [0.1, 0.15) is 38.1 Å².